The Morgan fingerprint density at radius 1 is 1.39 bits per heavy atom. The number of nitrogens with two attached hydrogens (primary N) is 1. The standard InChI is InChI=1S/C14H25N3O/c1-4-7-13(15)12-8-9-16(10-12)11-14(18)17(5-2)6-3/h8-10,13H,4-7,11,15H2,1-3H3. The summed E-state index contributed by atoms with van der Waals surface area (Å²) >= 11 is 0. The van der Waals surface area contributed by atoms with Crippen LogP contribution in [0.2, 0.25) is 0 Å². The summed E-state index contributed by atoms with van der Waals surface area (Å²) in [5, 5.41) is 0. The van der Waals surface area contributed by atoms with Crippen molar-refractivity contribution in [3.05, 3.63) is 24.0 Å². The highest BCUT2D eigenvalue weighted by molar-refractivity contribution is 5.75. The number of amides is 1. The molecule has 1 unspecified atom stereocenters. The predicted molar refractivity (Wildman–Crippen MR) is 74.2 cm³/mol. The van der Waals surface area contributed by atoms with E-state index in [0.29, 0.717) is 6.54 Å². The number of aromatic nitrogens is 1. The summed E-state index contributed by atoms with van der Waals surface area (Å²) in [5.41, 5.74) is 7.17. The molecule has 1 rings (SSSR count). The Hall–Kier alpha value is -1.29. The number of hydrogen-bond acceptors (Lipinski definition) is 2. The number of rotatable bonds is 7. The zero-order valence-corrected chi connectivity index (χ0v) is 11.7. The fourth-order valence-corrected chi connectivity index (χ4v) is 2.09. The maximum absolute atomic E-state index is 12.0. The van der Waals surface area contributed by atoms with Crippen molar-refractivity contribution in [3.63, 3.8) is 0 Å². The monoisotopic (exact) mass is 251 g/mol. The van der Waals surface area contributed by atoms with Gasteiger partial charge in [-0.3, -0.25) is 4.79 Å². The molecule has 0 fully saturated rings. The summed E-state index contributed by atoms with van der Waals surface area (Å²) in [6, 6.07) is 2.09. The first kappa shape index (κ1) is 14.8. The van der Waals surface area contributed by atoms with Gasteiger partial charge in [0, 0.05) is 31.5 Å². The molecule has 0 aliphatic heterocycles. The Morgan fingerprint density at radius 3 is 2.61 bits per heavy atom. The van der Waals surface area contributed by atoms with Gasteiger partial charge in [-0.2, -0.15) is 0 Å². The molecular weight excluding hydrogens is 226 g/mol. The average molecular weight is 251 g/mol. The largest absolute Gasteiger partial charge is 0.345 e. The third-order valence-corrected chi connectivity index (χ3v) is 3.24. The van der Waals surface area contributed by atoms with E-state index in [9.17, 15) is 4.79 Å². The second kappa shape index (κ2) is 7.21. The molecule has 0 aliphatic rings. The van der Waals surface area contributed by atoms with Gasteiger partial charge in [0.25, 0.3) is 0 Å². The van der Waals surface area contributed by atoms with Crippen molar-refractivity contribution >= 4 is 5.91 Å². The lowest BCUT2D eigenvalue weighted by atomic mass is 10.1. The maximum atomic E-state index is 12.0. The molecule has 4 heteroatoms. The highest BCUT2D eigenvalue weighted by Crippen LogP contribution is 2.15. The third kappa shape index (κ3) is 3.88. The average Bonchev–Trinajstić information content (AvgIpc) is 2.79. The van der Waals surface area contributed by atoms with E-state index >= 15 is 0 Å². The van der Waals surface area contributed by atoms with Crippen LogP contribution in [-0.2, 0) is 11.3 Å². The Bertz CT molecular complexity index is 369. The van der Waals surface area contributed by atoms with Crippen molar-refractivity contribution < 1.29 is 4.79 Å². The van der Waals surface area contributed by atoms with Gasteiger partial charge in [0.15, 0.2) is 0 Å². The molecule has 0 aliphatic carbocycles. The minimum atomic E-state index is 0.0832. The number of likely N-dealkylation sites (N-methyl/N-ethyl adjacent to an activating group) is 1. The molecule has 18 heavy (non-hydrogen) atoms. The molecule has 0 bridgehead atoms. The van der Waals surface area contributed by atoms with E-state index in [2.05, 4.69) is 6.92 Å². The van der Waals surface area contributed by atoms with Gasteiger partial charge in [0.05, 0.1) is 0 Å². The van der Waals surface area contributed by atoms with Crippen LogP contribution in [0.15, 0.2) is 18.5 Å². The number of hydrogen-bond donors (Lipinski definition) is 1. The van der Waals surface area contributed by atoms with E-state index in [4.69, 9.17) is 5.73 Å². The molecule has 1 heterocycles. The van der Waals surface area contributed by atoms with Gasteiger partial charge in [0.2, 0.25) is 5.91 Å². The number of carbonyl (C=O) groups excluding carboxylic acids is 1. The van der Waals surface area contributed by atoms with Crippen molar-refractivity contribution in [1.82, 2.24) is 9.47 Å². The molecule has 4 nitrogen and oxygen atoms in total. The zero-order chi connectivity index (χ0) is 13.5. The van der Waals surface area contributed by atoms with Crippen molar-refractivity contribution in [2.24, 2.45) is 5.73 Å². The molecule has 0 radical (unpaired) electrons. The third-order valence-electron chi connectivity index (χ3n) is 3.24. The Morgan fingerprint density at radius 2 is 2.06 bits per heavy atom. The molecule has 1 amide bonds. The van der Waals surface area contributed by atoms with E-state index in [1.165, 1.54) is 0 Å². The lowest BCUT2D eigenvalue weighted by Gasteiger charge is -2.18. The molecule has 1 aromatic rings. The van der Waals surface area contributed by atoms with Gasteiger partial charge in [-0.1, -0.05) is 13.3 Å². The van der Waals surface area contributed by atoms with Crippen LogP contribution in [0.3, 0.4) is 0 Å². The second-order valence-corrected chi connectivity index (χ2v) is 4.58. The van der Waals surface area contributed by atoms with Crippen LogP contribution in [0.5, 0.6) is 0 Å². The van der Waals surface area contributed by atoms with E-state index in [1.54, 1.807) is 0 Å². The van der Waals surface area contributed by atoms with E-state index in [1.807, 2.05) is 41.8 Å². The van der Waals surface area contributed by atoms with Crippen LogP contribution >= 0.6 is 0 Å². The molecule has 0 saturated heterocycles. The quantitative estimate of drug-likeness (QED) is 0.807. The number of carbonyl (C=O) groups is 1. The van der Waals surface area contributed by atoms with Gasteiger partial charge < -0.3 is 15.2 Å². The van der Waals surface area contributed by atoms with Gasteiger partial charge in [-0.05, 0) is 31.9 Å². The lowest BCUT2D eigenvalue weighted by Crippen LogP contribution is -2.33. The van der Waals surface area contributed by atoms with Gasteiger partial charge in [-0.15, -0.1) is 0 Å². The van der Waals surface area contributed by atoms with Crippen LogP contribution < -0.4 is 5.73 Å². The first-order valence-corrected chi connectivity index (χ1v) is 6.81. The van der Waals surface area contributed by atoms with Crippen molar-refractivity contribution in [2.75, 3.05) is 13.1 Å². The van der Waals surface area contributed by atoms with Crippen LogP contribution in [-0.4, -0.2) is 28.5 Å². The fourth-order valence-electron chi connectivity index (χ4n) is 2.09. The molecule has 2 N–H and O–H groups in total. The normalized spacial score (nSPS) is 12.4. The van der Waals surface area contributed by atoms with Crippen LogP contribution in [0.25, 0.3) is 0 Å². The van der Waals surface area contributed by atoms with Crippen LogP contribution in [0.1, 0.15) is 45.2 Å². The molecule has 1 aromatic heterocycles. The van der Waals surface area contributed by atoms with Gasteiger partial charge in [-0.25, -0.2) is 0 Å². The van der Waals surface area contributed by atoms with Crippen molar-refractivity contribution in [1.29, 1.82) is 0 Å². The topological polar surface area (TPSA) is 51.3 Å². The lowest BCUT2D eigenvalue weighted by molar-refractivity contribution is -0.131. The summed E-state index contributed by atoms with van der Waals surface area (Å²) in [7, 11) is 0. The van der Waals surface area contributed by atoms with Crippen molar-refractivity contribution in [3.8, 4) is 0 Å². The van der Waals surface area contributed by atoms with Crippen molar-refractivity contribution in [2.45, 2.75) is 46.2 Å². The smallest absolute Gasteiger partial charge is 0.242 e. The SMILES string of the molecule is CCCC(N)c1ccn(CC(=O)N(CC)CC)c1. The molecule has 0 saturated carbocycles. The van der Waals surface area contributed by atoms with Crippen LogP contribution in [0, 0.1) is 0 Å². The minimum Gasteiger partial charge on any atom is -0.345 e. The first-order chi connectivity index (χ1) is 8.62. The Balaban J connectivity index is 2.61. The summed E-state index contributed by atoms with van der Waals surface area (Å²) in [6.07, 6.45) is 5.98. The molecule has 0 aromatic carbocycles. The predicted octanol–water partition coefficient (Wildman–Crippen LogP) is 2.16. The highest BCUT2D eigenvalue weighted by atomic mass is 16.2. The first-order valence-electron chi connectivity index (χ1n) is 6.81. The Labute approximate surface area is 110 Å². The summed E-state index contributed by atoms with van der Waals surface area (Å²) in [4.78, 5) is 13.8. The summed E-state index contributed by atoms with van der Waals surface area (Å²) < 4.78 is 1.92. The summed E-state index contributed by atoms with van der Waals surface area (Å²) in [6.45, 7) is 8.05. The van der Waals surface area contributed by atoms with Gasteiger partial charge >= 0.3 is 0 Å². The molecule has 0 spiro atoms. The van der Waals surface area contributed by atoms with E-state index < -0.39 is 0 Å². The van der Waals surface area contributed by atoms with E-state index in [0.717, 1.165) is 31.5 Å². The molecular formula is C14H25N3O. The Kier molecular flexibility index (Phi) is 5.92. The second-order valence-electron chi connectivity index (χ2n) is 4.58. The zero-order valence-electron chi connectivity index (χ0n) is 11.7. The molecule has 102 valence electrons. The van der Waals surface area contributed by atoms with Gasteiger partial charge in [0.1, 0.15) is 6.54 Å². The fraction of sp³-hybridized carbons (Fsp3) is 0.643. The maximum Gasteiger partial charge on any atom is 0.242 e. The minimum absolute atomic E-state index is 0.0832. The van der Waals surface area contributed by atoms with Crippen LogP contribution in [0.4, 0.5) is 0 Å². The molecule has 1 atom stereocenters. The van der Waals surface area contributed by atoms with E-state index in [-0.39, 0.29) is 11.9 Å². The number of nitrogens with zero attached hydrogens (tertiary/aromatic N) is 2. The highest BCUT2D eigenvalue weighted by Gasteiger charge is 2.11. The summed E-state index contributed by atoms with van der Waals surface area (Å²) in [5.74, 6) is 0.159.